The lowest BCUT2D eigenvalue weighted by Crippen LogP contribution is -2.63. The van der Waals surface area contributed by atoms with E-state index in [0.29, 0.717) is 17.2 Å². The number of hydrogen-bond donors (Lipinski definition) is 4. The molecule has 3 aliphatic heterocycles. The van der Waals surface area contributed by atoms with Crippen LogP contribution in [0.3, 0.4) is 0 Å². The number of aliphatic imine (C=N–C) groups is 1. The molecule has 1 saturated carbocycles. The quantitative estimate of drug-likeness (QED) is 0.164. The molecule has 1 aromatic carbocycles. The number of likely N-dealkylation sites (tertiary alicyclic amines) is 1. The van der Waals surface area contributed by atoms with Gasteiger partial charge in [-0.15, -0.1) is 5.10 Å². The number of amides is 4. The van der Waals surface area contributed by atoms with Crippen molar-refractivity contribution in [1.29, 1.82) is 0 Å². The maximum absolute atomic E-state index is 14.8. The summed E-state index contributed by atoms with van der Waals surface area (Å²) < 4.78 is 34.7. The number of aliphatic hydroxyl groups is 1. The summed E-state index contributed by atoms with van der Waals surface area (Å²) >= 11 is 1.58. The van der Waals surface area contributed by atoms with Gasteiger partial charge < -0.3 is 25.8 Å². The number of sulfonamides is 1. The Kier molecular flexibility index (Phi) is 12.3. The smallest absolute Gasteiger partial charge is 0.287 e. The minimum atomic E-state index is -3.86. The summed E-state index contributed by atoms with van der Waals surface area (Å²) in [6.45, 7) is 3.60. The van der Waals surface area contributed by atoms with Gasteiger partial charge in [0.25, 0.3) is 17.7 Å². The summed E-state index contributed by atoms with van der Waals surface area (Å²) in [4.78, 5) is 73.8. The van der Waals surface area contributed by atoms with Gasteiger partial charge in [-0.2, -0.15) is 11.8 Å². The monoisotopic (exact) mass is 800 g/mol. The van der Waals surface area contributed by atoms with Gasteiger partial charge in [0, 0.05) is 18.5 Å². The first-order valence-corrected chi connectivity index (χ1v) is 21.2. The van der Waals surface area contributed by atoms with Crippen LogP contribution in [-0.4, -0.2) is 117 Å². The number of benzene rings is 1. The number of hydrogen-bond acceptors (Lipinski definition) is 12. The Labute approximate surface area is 323 Å². The Bertz CT molecular complexity index is 1930. The van der Waals surface area contributed by atoms with Crippen LogP contribution in [0.4, 0.5) is 0 Å². The van der Waals surface area contributed by atoms with Crippen molar-refractivity contribution in [3.8, 4) is 0 Å². The lowest BCUT2D eigenvalue weighted by atomic mass is 9.85. The van der Waals surface area contributed by atoms with Gasteiger partial charge in [0.05, 0.1) is 42.1 Å². The average Bonchev–Trinajstić information content (AvgIpc) is 3.82. The molecule has 4 fully saturated rings. The Morgan fingerprint density at radius 1 is 1.07 bits per heavy atom. The molecule has 0 spiro atoms. The summed E-state index contributed by atoms with van der Waals surface area (Å²) in [5.41, 5.74) is 2.89. The Hall–Kier alpha value is -4.04. The van der Waals surface area contributed by atoms with Gasteiger partial charge >= 0.3 is 0 Å². The van der Waals surface area contributed by atoms with Crippen molar-refractivity contribution in [2.75, 3.05) is 31.3 Å². The van der Waals surface area contributed by atoms with Gasteiger partial charge in [0.2, 0.25) is 21.7 Å². The number of nitrogens with one attached hydrogen (secondary N) is 2. The summed E-state index contributed by atoms with van der Waals surface area (Å²) in [5, 5.41) is 21.9. The number of nitrogens with zero attached hydrogens (tertiary/aromatic N) is 5. The molecular weight excluding hydrogens is 753 g/mol. The van der Waals surface area contributed by atoms with E-state index in [1.807, 2.05) is 0 Å². The van der Waals surface area contributed by atoms with Crippen LogP contribution in [0, 0.1) is 5.92 Å². The van der Waals surface area contributed by atoms with Gasteiger partial charge in [-0.05, 0) is 74.8 Å². The molecule has 1 aliphatic carbocycles. The molecule has 4 aliphatic rings. The van der Waals surface area contributed by atoms with Crippen LogP contribution < -0.4 is 15.8 Å². The molecule has 1 aromatic heterocycles. The van der Waals surface area contributed by atoms with Crippen LogP contribution in [0.25, 0.3) is 0 Å². The third kappa shape index (κ3) is 9.17. The summed E-state index contributed by atoms with van der Waals surface area (Å²) in [6, 6.07) is 3.10. The van der Waals surface area contributed by atoms with Crippen LogP contribution in [0.2, 0.25) is 0 Å². The number of thioether (sulfide) groups is 1. The predicted octanol–water partition coefficient (Wildman–Crippen LogP) is 1.01. The molecule has 3 saturated heterocycles. The zero-order valence-electron chi connectivity index (χ0n) is 30.9. The van der Waals surface area contributed by atoms with E-state index in [2.05, 4.69) is 25.3 Å². The number of primary amides is 1. The largest absolute Gasteiger partial charge is 0.384 e. The molecule has 4 amide bonds. The number of ketones is 1. The summed E-state index contributed by atoms with van der Waals surface area (Å²) in [5.74, 6) is -3.12. The van der Waals surface area contributed by atoms with Gasteiger partial charge in [-0.3, -0.25) is 24.0 Å². The molecule has 6 rings (SSSR count). The normalized spacial score (nSPS) is 22.5. The highest BCUT2D eigenvalue weighted by molar-refractivity contribution is 7.99. The maximum Gasteiger partial charge on any atom is 0.287 e. The summed E-state index contributed by atoms with van der Waals surface area (Å²) in [6.07, 6.45) is 6.54. The first kappa shape index (κ1) is 40.6. The second-order valence-corrected chi connectivity index (χ2v) is 18.3. The van der Waals surface area contributed by atoms with Crippen LogP contribution in [-0.2, 0) is 39.5 Å². The minimum Gasteiger partial charge on any atom is -0.384 e. The molecule has 55 heavy (non-hydrogen) atoms. The van der Waals surface area contributed by atoms with Crippen LogP contribution in [0.5, 0.6) is 0 Å². The number of Topliss-reactive ketones (excluding diaryl/α,β-unsaturated/α-hetero) is 1. The highest BCUT2D eigenvalue weighted by Gasteiger charge is 2.49. The van der Waals surface area contributed by atoms with Crippen LogP contribution in [0.1, 0.15) is 93.7 Å². The number of carbonyl (C=O) groups is 5. The van der Waals surface area contributed by atoms with Gasteiger partial charge in [-0.1, -0.05) is 37.3 Å². The Balaban J connectivity index is 1.33. The molecule has 19 heteroatoms. The zero-order valence-corrected chi connectivity index (χ0v) is 32.6. The van der Waals surface area contributed by atoms with Crippen LogP contribution >= 0.6 is 11.8 Å². The molecule has 4 heterocycles. The zero-order chi connectivity index (χ0) is 39.5. The lowest BCUT2D eigenvalue weighted by Gasteiger charge is -2.37. The topological polar surface area (TPSA) is 245 Å². The number of carbonyl (C=O) groups excluding carboxylic acids is 5. The number of aromatic nitrogens is 3. The van der Waals surface area contributed by atoms with Gasteiger partial charge in [-0.25, -0.2) is 22.8 Å². The fourth-order valence-electron chi connectivity index (χ4n) is 7.67. The highest BCUT2D eigenvalue weighted by atomic mass is 32.2. The maximum atomic E-state index is 14.8. The molecule has 0 radical (unpaired) electrons. The van der Waals surface area contributed by atoms with E-state index in [4.69, 9.17) is 10.5 Å². The van der Waals surface area contributed by atoms with Crippen molar-refractivity contribution in [3.05, 3.63) is 41.7 Å². The van der Waals surface area contributed by atoms with Gasteiger partial charge in [0.1, 0.15) is 22.9 Å². The number of rotatable bonds is 13. The summed E-state index contributed by atoms with van der Waals surface area (Å²) in [7, 11) is -3.86. The molecule has 2 aromatic rings. The Morgan fingerprint density at radius 2 is 1.75 bits per heavy atom. The van der Waals surface area contributed by atoms with Crippen molar-refractivity contribution in [3.63, 3.8) is 0 Å². The molecule has 0 bridgehead atoms. The third-order valence-electron chi connectivity index (χ3n) is 10.8. The Morgan fingerprint density at radius 3 is 2.35 bits per heavy atom. The van der Waals surface area contributed by atoms with E-state index >= 15 is 0 Å². The van der Waals surface area contributed by atoms with E-state index in [1.54, 1.807) is 25.6 Å². The van der Waals surface area contributed by atoms with Gasteiger partial charge in [0.15, 0.2) is 0 Å². The fourth-order valence-corrected chi connectivity index (χ4v) is 10.1. The molecule has 17 nitrogen and oxygen atoms in total. The van der Waals surface area contributed by atoms with E-state index in [-0.39, 0.29) is 73.6 Å². The first-order chi connectivity index (χ1) is 26.1. The second kappa shape index (κ2) is 16.6. The van der Waals surface area contributed by atoms with Crippen molar-refractivity contribution in [2.24, 2.45) is 16.6 Å². The van der Waals surface area contributed by atoms with Crippen molar-refractivity contribution in [1.82, 2.24) is 29.9 Å². The van der Waals surface area contributed by atoms with Crippen molar-refractivity contribution < 1.29 is 42.2 Å². The van der Waals surface area contributed by atoms with Crippen molar-refractivity contribution >= 4 is 56.9 Å². The standard InChI is InChI=1S/C36H48N8O9S2/c1-35(2,50)29-18-38-42-44(29)25-17-28(33(48)40-36(30(45)31(37)46)12-14-54-15-13-36)43(19-25)34(49)27(16-22-6-4-3-5-7-22)39-32(47)23-8-10-26(11-9-23)55(51,52)41-24-20-53-21-24/h8-11,18,22,24-25,28,41,50H,3-7,12-17,19-21H2,1-2H3,(H2,37,46)(H,40,48)/t25-,28-/m0/s1. The van der Waals surface area contributed by atoms with E-state index in [0.717, 1.165) is 32.1 Å². The average molecular weight is 801 g/mol. The van der Waals surface area contributed by atoms with Crippen LogP contribution in [0.15, 0.2) is 40.4 Å². The van der Waals surface area contributed by atoms with E-state index in [1.165, 1.54) is 40.0 Å². The molecule has 5 N–H and O–H groups in total. The molecule has 0 unspecified atom stereocenters. The fraction of sp³-hybridized carbons (Fsp3) is 0.611. The number of ether oxygens (including phenoxy) is 1. The highest BCUT2D eigenvalue weighted by Crippen LogP contribution is 2.35. The van der Waals surface area contributed by atoms with Crippen molar-refractivity contribution in [2.45, 2.75) is 106 Å². The lowest BCUT2D eigenvalue weighted by molar-refractivity contribution is -0.143. The predicted molar refractivity (Wildman–Crippen MR) is 200 cm³/mol. The van der Waals surface area contributed by atoms with E-state index < -0.39 is 62.7 Å². The molecule has 298 valence electrons. The molecule has 2 atom stereocenters. The van der Waals surface area contributed by atoms with E-state index in [9.17, 15) is 37.5 Å². The third-order valence-corrected chi connectivity index (χ3v) is 13.3. The molecular formula is C36H48N8O9S2. The number of nitrogens with two attached hydrogens (primary N) is 1. The minimum absolute atomic E-state index is 0.0151. The second-order valence-electron chi connectivity index (χ2n) is 15.3. The SMILES string of the molecule is CC(C)(O)c1cnnn1[C@H]1C[C@@H](C(=O)NC2(C(=O)C(N)=O)CCSCC2)N(C(=O)C(CC2CCCCC2)=NC(=O)c2ccc(S(=O)(=O)NC3COC3)cc2)C1. The first-order valence-electron chi connectivity index (χ1n) is 18.6.